The van der Waals surface area contributed by atoms with Gasteiger partial charge in [-0.2, -0.15) is 0 Å². The number of hydrogen-bond donors (Lipinski definition) is 3. The summed E-state index contributed by atoms with van der Waals surface area (Å²) < 4.78 is 5.83. The van der Waals surface area contributed by atoms with Gasteiger partial charge in [-0.3, -0.25) is 0 Å². The molecule has 4 unspecified atom stereocenters. The minimum absolute atomic E-state index is 0.102. The Labute approximate surface area is 123 Å². The summed E-state index contributed by atoms with van der Waals surface area (Å²) in [4.78, 5) is 0. The van der Waals surface area contributed by atoms with Crippen LogP contribution in [0.3, 0.4) is 0 Å². The zero-order chi connectivity index (χ0) is 15.0. The minimum Gasteiger partial charge on any atom is -0.396 e. The van der Waals surface area contributed by atoms with Gasteiger partial charge in [-0.15, -0.1) is 0 Å². The van der Waals surface area contributed by atoms with Gasteiger partial charge in [-0.05, 0) is 38.5 Å². The first-order valence-electron chi connectivity index (χ1n) is 8.14. The molecule has 4 atom stereocenters. The Hall–Kier alpha value is -0.160. The number of β-amino-alcohol motifs (C(OH)–C–C–N with tert-alkyl or cyclic N) is 1. The molecule has 1 rings (SSSR count). The maximum absolute atomic E-state index is 10.0. The van der Waals surface area contributed by atoms with E-state index in [4.69, 9.17) is 9.84 Å². The lowest BCUT2D eigenvalue weighted by Crippen LogP contribution is -2.47. The Morgan fingerprint density at radius 3 is 2.75 bits per heavy atom. The fourth-order valence-electron chi connectivity index (χ4n) is 2.84. The van der Waals surface area contributed by atoms with E-state index >= 15 is 0 Å². The van der Waals surface area contributed by atoms with E-state index in [0.29, 0.717) is 25.7 Å². The van der Waals surface area contributed by atoms with Crippen LogP contribution >= 0.6 is 0 Å². The van der Waals surface area contributed by atoms with Gasteiger partial charge in [-0.25, -0.2) is 0 Å². The Morgan fingerprint density at radius 1 is 1.40 bits per heavy atom. The van der Waals surface area contributed by atoms with Crippen molar-refractivity contribution in [3.63, 3.8) is 0 Å². The van der Waals surface area contributed by atoms with Crippen LogP contribution in [0.1, 0.15) is 59.3 Å². The van der Waals surface area contributed by atoms with Crippen molar-refractivity contribution in [1.29, 1.82) is 0 Å². The van der Waals surface area contributed by atoms with Crippen molar-refractivity contribution < 1.29 is 14.9 Å². The fourth-order valence-corrected chi connectivity index (χ4v) is 2.84. The highest BCUT2D eigenvalue weighted by molar-refractivity contribution is 4.82. The number of rotatable bonds is 9. The summed E-state index contributed by atoms with van der Waals surface area (Å²) in [5.41, 5.74) is -0.102. The predicted octanol–water partition coefficient (Wildman–Crippen LogP) is 2.08. The lowest BCUT2D eigenvalue weighted by Gasteiger charge is -2.31. The van der Waals surface area contributed by atoms with Gasteiger partial charge < -0.3 is 20.3 Å². The summed E-state index contributed by atoms with van der Waals surface area (Å²) in [7, 11) is 0. The third-order valence-electron chi connectivity index (χ3n) is 4.62. The van der Waals surface area contributed by atoms with Gasteiger partial charge in [-0.1, -0.05) is 26.7 Å². The molecule has 1 aliphatic rings. The van der Waals surface area contributed by atoms with Crippen molar-refractivity contribution in [3.8, 4) is 0 Å². The van der Waals surface area contributed by atoms with Crippen LogP contribution in [0.2, 0.25) is 0 Å². The molecule has 0 amide bonds. The van der Waals surface area contributed by atoms with Gasteiger partial charge in [0.1, 0.15) is 0 Å². The number of aliphatic hydroxyl groups is 2. The quantitative estimate of drug-likeness (QED) is 0.607. The Morgan fingerprint density at radius 2 is 2.15 bits per heavy atom. The highest BCUT2D eigenvalue weighted by Gasteiger charge is 2.23. The highest BCUT2D eigenvalue weighted by Crippen LogP contribution is 2.25. The topological polar surface area (TPSA) is 61.7 Å². The van der Waals surface area contributed by atoms with Crippen LogP contribution in [-0.2, 0) is 4.74 Å². The van der Waals surface area contributed by atoms with Gasteiger partial charge in [0, 0.05) is 18.7 Å². The van der Waals surface area contributed by atoms with Crippen molar-refractivity contribution in [3.05, 3.63) is 0 Å². The number of ether oxygens (including phenoxy) is 1. The second-order valence-electron chi connectivity index (χ2n) is 6.65. The van der Waals surface area contributed by atoms with E-state index in [1.54, 1.807) is 0 Å². The molecule has 0 aliphatic heterocycles. The minimum atomic E-state index is -0.475. The van der Waals surface area contributed by atoms with E-state index in [0.717, 1.165) is 25.2 Å². The van der Waals surface area contributed by atoms with Gasteiger partial charge in [0.2, 0.25) is 0 Å². The summed E-state index contributed by atoms with van der Waals surface area (Å²) in [5, 5.41) is 22.4. The highest BCUT2D eigenvalue weighted by atomic mass is 16.5. The van der Waals surface area contributed by atoms with E-state index in [-0.39, 0.29) is 12.1 Å². The molecule has 0 aromatic heterocycles. The van der Waals surface area contributed by atoms with Crippen LogP contribution in [0.15, 0.2) is 0 Å². The molecule has 1 aliphatic carbocycles. The Bertz CT molecular complexity index is 262. The average molecular weight is 287 g/mol. The Kier molecular flexibility index (Phi) is 8.03. The van der Waals surface area contributed by atoms with Gasteiger partial charge in [0.05, 0.1) is 18.8 Å². The number of hydrogen-bond acceptors (Lipinski definition) is 4. The van der Waals surface area contributed by atoms with Gasteiger partial charge in [0.25, 0.3) is 0 Å². The van der Waals surface area contributed by atoms with Gasteiger partial charge >= 0.3 is 0 Å². The molecular formula is C16H33NO3. The first kappa shape index (κ1) is 17.9. The zero-order valence-corrected chi connectivity index (χ0v) is 13.4. The molecule has 0 saturated heterocycles. The molecule has 20 heavy (non-hydrogen) atoms. The predicted molar refractivity (Wildman–Crippen MR) is 81.8 cm³/mol. The maximum Gasteiger partial charge on any atom is 0.0898 e. The van der Waals surface area contributed by atoms with Crippen LogP contribution in [0.25, 0.3) is 0 Å². The molecule has 0 bridgehead atoms. The van der Waals surface area contributed by atoms with Crippen LogP contribution < -0.4 is 5.32 Å². The van der Waals surface area contributed by atoms with Crippen molar-refractivity contribution in [1.82, 2.24) is 5.32 Å². The standard InChI is InChI=1S/C16H33NO3/c1-4-16(3,8-9-18)17-11-14(19)12-20-15-7-5-6-13(2)10-15/h13-15,17-19H,4-12H2,1-3H3. The number of aliphatic hydroxyl groups excluding tert-OH is 2. The van der Waals surface area contributed by atoms with Crippen LogP contribution in [0, 0.1) is 5.92 Å². The fraction of sp³-hybridized carbons (Fsp3) is 1.00. The zero-order valence-electron chi connectivity index (χ0n) is 13.4. The summed E-state index contributed by atoms with van der Waals surface area (Å²) >= 11 is 0. The molecule has 4 nitrogen and oxygen atoms in total. The largest absolute Gasteiger partial charge is 0.396 e. The molecular weight excluding hydrogens is 254 g/mol. The third-order valence-corrected chi connectivity index (χ3v) is 4.62. The molecule has 0 spiro atoms. The second kappa shape index (κ2) is 8.98. The molecule has 120 valence electrons. The van der Waals surface area contributed by atoms with Crippen LogP contribution in [0.4, 0.5) is 0 Å². The normalized spacial score (nSPS) is 28.1. The van der Waals surface area contributed by atoms with Crippen molar-refractivity contribution in [2.24, 2.45) is 5.92 Å². The molecule has 0 radical (unpaired) electrons. The lowest BCUT2D eigenvalue weighted by molar-refractivity contribution is -0.0325. The van der Waals surface area contributed by atoms with E-state index in [2.05, 4.69) is 26.1 Å². The summed E-state index contributed by atoms with van der Waals surface area (Å²) in [5.74, 6) is 0.747. The van der Waals surface area contributed by atoms with E-state index < -0.39 is 6.10 Å². The second-order valence-corrected chi connectivity index (χ2v) is 6.65. The monoisotopic (exact) mass is 287 g/mol. The van der Waals surface area contributed by atoms with E-state index in [1.165, 1.54) is 12.8 Å². The van der Waals surface area contributed by atoms with E-state index in [9.17, 15) is 5.11 Å². The van der Waals surface area contributed by atoms with Crippen molar-refractivity contribution >= 4 is 0 Å². The Balaban J connectivity index is 2.20. The van der Waals surface area contributed by atoms with Crippen LogP contribution in [-0.4, -0.2) is 47.7 Å². The number of nitrogens with one attached hydrogen (secondary N) is 1. The molecule has 0 aromatic rings. The molecule has 3 N–H and O–H groups in total. The molecule has 1 saturated carbocycles. The smallest absolute Gasteiger partial charge is 0.0898 e. The molecule has 0 heterocycles. The lowest BCUT2D eigenvalue weighted by atomic mass is 9.89. The first-order valence-corrected chi connectivity index (χ1v) is 8.14. The first-order chi connectivity index (χ1) is 9.49. The van der Waals surface area contributed by atoms with Gasteiger partial charge in [0.15, 0.2) is 0 Å². The molecule has 0 aromatic carbocycles. The third kappa shape index (κ3) is 6.53. The van der Waals surface area contributed by atoms with Crippen molar-refractivity contribution in [2.45, 2.75) is 77.0 Å². The summed E-state index contributed by atoms with van der Waals surface area (Å²) in [6.07, 6.45) is 6.28. The maximum atomic E-state index is 10.0. The summed E-state index contributed by atoms with van der Waals surface area (Å²) in [6.45, 7) is 7.55. The molecule has 1 fully saturated rings. The molecule has 4 heteroatoms. The van der Waals surface area contributed by atoms with E-state index in [1.807, 2.05) is 0 Å². The SMILES string of the molecule is CCC(C)(CCO)NCC(O)COC1CCCC(C)C1. The van der Waals surface area contributed by atoms with Crippen LogP contribution in [0.5, 0.6) is 0 Å². The summed E-state index contributed by atoms with van der Waals surface area (Å²) in [6, 6.07) is 0. The van der Waals surface area contributed by atoms with Crippen molar-refractivity contribution in [2.75, 3.05) is 19.8 Å². The average Bonchev–Trinajstić information content (AvgIpc) is 2.43.